The lowest BCUT2D eigenvalue weighted by molar-refractivity contribution is 0.178. The number of amides is 2. The number of hydrogen-bond acceptors (Lipinski definition) is 4. The molecule has 128 valence electrons. The third kappa shape index (κ3) is 4.26. The quantitative estimate of drug-likeness (QED) is 0.863. The summed E-state index contributed by atoms with van der Waals surface area (Å²) < 4.78 is 5.18. The predicted octanol–water partition coefficient (Wildman–Crippen LogP) is 3.72. The maximum atomic E-state index is 12.5. The first-order valence-corrected chi connectivity index (χ1v) is 8.52. The van der Waals surface area contributed by atoms with Gasteiger partial charge in [-0.25, -0.2) is 4.79 Å². The van der Waals surface area contributed by atoms with Gasteiger partial charge in [-0.3, -0.25) is 0 Å². The third-order valence-electron chi connectivity index (χ3n) is 3.94. The summed E-state index contributed by atoms with van der Waals surface area (Å²) in [5, 5.41) is 7.46. The molecule has 0 saturated heterocycles. The first-order chi connectivity index (χ1) is 11.5. The minimum atomic E-state index is -0.170. The Bertz CT molecular complexity index is 712. The van der Waals surface area contributed by atoms with Crippen LogP contribution in [0.2, 0.25) is 5.02 Å². The molecule has 1 fully saturated rings. The van der Waals surface area contributed by atoms with Crippen LogP contribution in [-0.2, 0) is 13.1 Å². The first-order valence-electron chi connectivity index (χ1n) is 8.14. The summed E-state index contributed by atoms with van der Waals surface area (Å²) in [6.07, 6.45) is 2.23. The molecular formula is C17H21ClN4O2. The van der Waals surface area contributed by atoms with Crippen LogP contribution in [0.5, 0.6) is 0 Å². The maximum absolute atomic E-state index is 12.5. The van der Waals surface area contributed by atoms with Crippen LogP contribution < -0.4 is 5.32 Å². The summed E-state index contributed by atoms with van der Waals surface area (Å²) in [6.45, 7) is 4.67. The molecule has 0 radical (unpaired) electrons. The van der Waals surface area contributed by atoms with Crippen molar-refractivity contribution in [2.24, 2.45) is 0 Å². The van der Waals surface area contributed by atoms with Crippen molar-refractivity contribution in [1.82, 2.24) is 20.4 Å². The highest BCUT2D eigenvalue weighted by molar-refractivity contribution is 6.30. The van der Waals surface area contributed by atoms with E-state index < -0.39 is 0 Å². The van der Waals surface area contributed by atoms with Gasteiger partial charge in [-0.2, -0.15) is 4.98 Å². The number of nitrogens with one attached hydrogen (secondary N) is 1. The van der Waals surface area contributed by atoms with Crippen LogP contribution in [0.1, 0.15) is 49.9 Å². The van der Waals surface area contributed by atoms with Crippen molar-refractivity contribution in [3.63, 3.8) is 0 Å². The van der Waals surface area contributed by atoms with E-state index in [1.54, 1.807) is 4.90 Å². The standard InChI is InChI=1S/C17H21ClN4O2/c1-11(2)22(10-12-4-3-5-14(18)8-12)17(23)19-9-15-20-16(21-24-15)13-6-7-13/h3-5,8,11,13H,6-7,9-10H2,1-2H3,(H,19,23). The van der Waals surface area contributed by atoms with Gasteiger partial charge in [0.25, 0.3) is 0 Å². The molecule has 1 aromatic heterocycles. The molecule has 1 aromatic carbocycles. The summed E-state index contributed by atoms with van der Waals surface area (Å²) >= 11 is 6.01. The Morgan fingerprint density at radius 3 is 2.92 bits per heavy atom. The van der Waals surface area contributed by atoms with Crippen molar-refractivity contribution in [2.75, 3.05) is 0 Å². The van der Waals surface area contributed by atoms with Crippen molar-refractivity contribution >= 4 is 17.6 Å². The Morgan fingerprint density at radius 1 is 1.46 bits per heavy atom. The molecule has 1 aliphatic carbocycles. The molecule has 1 N–H and O–H groups in total. The van der Waals surface area contributed by atoms with Crippen LogP contribution in [0.15, 0.2) is 28.8 Å². The average molecular weight is 349 g/mol. The van der Waals surface area contributed by atoms with Gasteiger partial charge >= 0.3 is 6.03 Å². The molecule has 2 aromatic rings. The van der Waals surface area contributed by atoms with Gasteiger partial charge in [-0.05, 0) is 44.4 Å². The lowest BCUT2D eigenvalue weighted by Crippen LogP contribution is -2.43. The van der Waals surface area contributed by atoms with Gasteiger partial charge in [-0.1, -0.05) is 28.9 Å². The maximum Gasteiger partial charge on any atom is 0.318 e. The SMILES string of the molecule is CC(C)N(Cc1cccc(Cl)c1)C(=O)NCc1nc(C2CC2)no1. The molecule has 1 aliphatic rings. The Hall–Kier alpha value is -2.08. The molecule has 1 saturated carbocycles. The summed E-state index contributed by atoms with van der Waals surface area (Å²) in [7, 11) is 0. The van der Waals surface area contributed by atoms with Crippen molar-refractivity contribution < 1.29 is 9.32 Å². The molecule has 0 bridgehead atoms. The van der Waals surface area contributed by atoms with Crippen LogP contribution in [-0.4, -0.2) is 27.1 Å². The largest absolute Gasteiger partial charge is 0.337 e. The van der Waals surface area contributed by atoms with E-state index in [4.69, 9.17) is 16.1 Å². The van der Waals surface area contributed by atoms with E-state index in [9.17, 15) is 4.79 Å². The number of halogens is 1. The van der Waals surface area contributed by atoms with Crippen LogP contribution >= 0.6 is 11.6 Å². The second-order valence-corrected chi connectivity index (χ2v) is 6.77. The normalized spacial score (nSPS) is 14.0. The van der Waals surface area contributed by atoms with E-state index in [0.29, 0.717) is 23.4 Å². The van der Waals surface area contributed by atoms with Crippen LogP contribution in [0.4, 0.5) is 4.79 Å². The topological polar surface area (TPSA) is 71.3 Å². The molecular weight excluding hydrogens is 328 g/mol. The molecule has 1 heterocycles. The number of carbonyl (C=O) groups excluding carboxylic acids is 1. The highest BCUT2D eigenvalue weighted by Crippen LogP contribution is 2.38. The zero-order chi connectivity index (χ0) is 17.1. The number of nitrogens with zero attached hydrogens (tertiary/aromatic N) is 3. The molecule has 2 amide bonds. The molecule has 0 spiro atoms. The van der Waals surface area contributed by atoms with Gasteiger partial charge in [0.05, 0.1) is 6.54 Å². The minimum Gasteiger partial charge on any atom is -0.337 e. The second kappa shape index (κ2) is 7.21. The molecule has 7 heteroatoms. The zero-order valence-corrected chi connectivity index (χ0v) is 14.6. The van der Waals surface area contributed by atoms with Gasteiger partial charge in [0.15, 0.2) is 5.82 Å². The van der Waals surface area contributed by atoms with Gasteiger partial charge in [-0.15, -0.1) is 0 Å². The Labute approximate surface area is 146 Å². The van der Waals surface area contributed by atoms with Crippen LogP contribution in [0, 0.1) is 0 Å². The van der Waals surface area contributed by atoms with E-state index in [-0.39, 0.29) is 18.6 Å². The number of hydrogen-bond donors (Lipinski definition) is 1. The fourth-order valence-electron chi connectivity index (χ4n) is 2.42. The fraction of sp³-hybridized carbons (Fsp3) is 0.471. The number of benzene rings is 1. The molecule has 0 atom stereocenters. The van der Waals surface area contributed by atoms with Gasteiger partial charge < -0.3 is 14.7 Å². The lowest BCUT2D eigenvalue weighted by atomic mass is 10.2. The molecule has 6 nitrogen and oxygen atoms in total. The average Bonchev–Trinajstić information content (AvgIpc) is 3.29. The Kier molecular flexibility index (Phi) is 5.04. The fourth-order valence-corrected chi connectivity index (χ4v) is 2.63. The minimum absolute atomic E-state index is 0.0497. The van der Waals surface area contributed by atoms with Gasteiger partial charge in [0.2, 0.25) is 5.89 Å². The molecule has 0 unspecified atom stereocenters. The van der Waals surface area contributed by atoms with Gasteiger partial charge in [0.1, 0.15) is 0 Å². The Morgan fingerprint density at radius 2 is 2.25 bits per heavy atom. The van der Waals surface area contributed by atoms with Crippen molar-refractivity contribution in [1.29, 1.82) is 0 Å². The summed E-state index contributed by atoms with van der Waals surface area (Å²) in [5.74, 6) is 1.63. The van der Waals surface area contributed by atoms with Crippen LogP contribution in [0.3, 0.4) is 0 Å². The van der Waals surface area contributed by atoms with E-state index in [0.717, 1.165) is 24.2 Å². The van der Waals surface area contributed by atoms with Crippen molar-refractivity contribution in [2.45, 2.75) is 51.7 Å². The first kappa shape index (κ1) is 16.8. The highest BCUT2D eigenvalue weighted by atomic mass is 35.5. The number of rotatable bonds is 6. The van der Waals surface area contributed by atoms with Crippen molar-refractivity contribution in [3.8, 4) is 0 Å². The summed E-state index contributed by atoms with van der Waals surface area (Å²) in [6, 6.07) is 7.40. The van der Waals surface area contributed by atoms with E-state index in [1.165, 1.54) is 0 Å². The monoisotopic (exact) mass is 348 g/mol. The summed E-state index contributed by atoms with van der Waals surface area (Å²) in [4.78, 5) is 18.5. The smallest absolute Gasteiger partial charge is 0.318 e. The number of carbonyl (C=O) groups is 1. The van der Waals surface area contributed by atoms with E-state index in [2.05, 4.69) is 15.5 Å². The predicted molar refractivity (Wildman–Crippen MR) is 90.6 cm³/mol. The summed E-state index contributed by atoms with van der Waals surface area (Å²) in [5.41, 5.74) is 0.986. The van der Waals surface area contributed by atoms with Gasteiger partial charge in [0, 0.05) is 23.5 Å². The van der Waals surface area contributed by atoms with E-state index in [1.807, 2.05) is 38.1 Å². The Balaban J connectivity index is 1.59. The van der Waals surface area contributed by atoms with Crippen LogP contribution in [0.25, 0.3) is 0 Å². The van der Waals surface area contributed by atoms with Crippen molar-refractivity contribution in [3.05, 3.63) is 46.6 Å². The zero-order valence-electron chi connectivity index (χ0n) is 13.8. The molecule has 24 heavy (non-hydrogen) atoms. The number of urea groups is 1. The number of aromatic nitrogens is 2. The second-order valence-electron chi connectivity index (χ2n) is 6.33. The third-order valence-corrected chi connectivity index (χ3v) is 4.18. The van der Waals surface area contributed by atoms with E-state index >= 15 is 0 Å². The molecule has 3 rings (SSSR count). The molecule has 0 aliphatic heterocycles. The lowest BCUT2D eigenvalue weighted by Gasteiger charge is -2.27. The highest BCUT2D eigenvalue weighted by Gasteiger charge is 2.28.